The number of allylic oxidation sites excluding steroid dienone is 2. The number of carbonyl (C=O) groups excluding carboxylic acids is 2. The summed E-state index contributed by atoms with van der Waals surface area (Å²) in [5.41, 5.74) is 0. The van der Waals surface area contributed by atoms with E-state index in [9.17, 15) is 29.4 Å². The molecule has 15 heteroatoms. The Bertz CT molecular complexity index is 1150. The summed E-state index contributed by atoms with van der Waals surface area (Å²) in [6.07, 6.45) is 27.4. The van der Waals surface area contributed by atoms with Crippen LogP contribution in [-0.4, -0.2) is 89.2 Å². The molecule has 1 saturated carbocycles. The molecule has 0 amide bonds. The normalized spacial score (nSPS) is 21.9. The Kier molecular flexibility index (Phi) is 29.0. The first-order valence-corrected chi connectivity index (χ1v) is 23.3. The van der Waals surface area contributed by atoms with Gasteiger partial charge in [-0.2, -0.15) is 0 Å². The molecule has 14 nitrogen and oxygen atoms in total. The number of carbonyl (C=O) groups is 2. The van der Waals surface area contributed by atoms with Crippen LogP contribution in [0.2, 0.25) is 0 Å². The highest BCUT2D eigenvalue weighted by atomic mass is 31.2. The van der Waals surface area contributed by atoms with Crippen LogP contribution in [0.25, 0.3) is 0 Å². The second-order valence-electron chi connectivity index (χ2n) is 15.6. The summed E-state index contributed by atoms with van der Waals surface area (Å²) in [5, 5.41) is 27.7. The maximum atomic E-state index is 12.8. The van der Waals surface area contributed by atoms with Crippen LogP contribution in [0.4, 0.5) is 0 Å². The van der Waals surface area contributed by atoms with Crippen LogP contribution in [0.3, 0.4) is 0 Å². The summed E-state index contributed by atoms with van der Waals surface area (Å²) < 4.78 is 32.8. The van der Waals surface area contributed by atoms with Crippen LogP contribution in [0.15, 0.2) is 24.3 Å². The maximum Gasteiger partial charge on any atom is 0.472 e. The summed E-state index contributed by atoms with van der Waals surface area (Å²) >= 11 is 0. The predicted molar refractivity (Wildman–Crippen MR) is 216 cm³/mol. The highest BCUT2D eigenvalue weighted by Gasteiger charge is 2.49. The number of hydrogen-bond acceptors (Lipinski definition) is 13. The molecule has 2 fully saturated rings. The van der Waals surface area contributed by atoms with Crippen molar-refractivity contribution in [1.82, 2.24) is 0 Å². The molecular formula is C42H75O14P. The van der Waals surface area contributed by atoms with Crippen molar-refractivity contribution in [2.45, 2.75) is 192 Å². The highest BCUT2D eigenvalue weighted by molar-refractivity contribution is 7.47. The molecule has 0 aromatic carbocycles. The number of ether oxygens (including phenoxy) is 2. The third kappa shape index (κ3) is 24.2. The van der Waals surface area contributed by atoms with Crippen LogP contribution in [0.5, 0.6) is 0 Å². The first-order valence-electron chi connectivity index (χ1n) is 21.8. The van der Waals surface area contributed by atoms with Gasteiger partial charge in [-0.15, -0.1) is 0 Å². The Hall–Kier alpha value is -1.71. The fraction of sp³-hybridized carbons (Fsp3) is 0.857. The monoisotopic (exact) mass is 834 g/mol. The molecular weight excluding hydrogens is 759 g/mol. The topological polar surface area (TPSA) is 197 Å². The lowest BCUT2D eigenvalue weighted by molar-refractivity contribution is -0.336. The number of aliphatic hydroxyl groups excluding tert-OH is 2. The van der Waals surface area contributed by atoms with Gasteiger partial charge in [0.1, 0.15) is 24.9 Å². The lowest BCUT2D eigenvalue weighted by atomic mass is 9.89. The summed E-state index contributed by atoms with van der Waals surface area (Å²) in [6.45, 7) is 2.09. The first-order chi connectivity index (χ1) is 27.6. The second-order valence-corrected chi connectivity index (χ2v) is 17.0. The highest BCUT2D eigenvalue weighted by Crippen LogP contribution is 2.45. The van der Waals surface area contributed by atoms with E-state index in [2.05, 4.69) is 30.9 Å². The van der Waals surface area contributed by atoms with E-state index in [0.29, 0.717) is 19.3 Å². The van der Waals surface area contributed by atoms with E-state index in [1.807, 2.05) is 12.2 Å². The molecule has 2 bridgehead atoms. The SMILES string of the molecule is CCCCCCCCCCCCCCCC(=O)OCC(COP(=O)(O)OCC(O)CO)OC(=O)CCC/C=C\CC1C2CC(OO2)C1/C=C/C(CCCCC)OO. The van der Waals surface area contributed by atoms with Crippen LogP contribution < -0.4 is 0 Å². The molecule has 2 rings (SSSR count). The maximum absolute atomic E-state index is 12.8. The Balaban J connectivity index is 1.74. The molecule has 0 aromatic heterocycles. The zero-order valence-corrected chi connectivity index (χ0v) is 35.7. The minimum Gasteiger partial charge on any atom is -0.462 e. The lowest BCUT2D eigenvalue weighted by Gasteiger charge is -2.27. The van der Waals surface area contributed by atoms with Crippen molar-refractivity contribution in [1.29, 1.82) is 0 Å². The lowest BCUT2D eigenvalue weighted by Crippen LogP contribution is -2.29. The number of hydrogen-bond donors (Lipinski definition) is 4. The minimum absolute atomic E-state index is 0.0140. The van der Waals surface area contributed by atoms with E-state index < -0.39 is 51.8 Å². The molecule has 57 heavy (non-hydrogen) atoms. The van der Waals surface area contributed by atoms with Gasteiger partial charge in [-0.1, -0.05) is 134 Å². The quantitative estimate of drug-likeness (QED) is 0.0116. The van der Waals surface area contributed by atoms with Gasteiger partial charge >= 0.3 is 19.8 Å². The predicted octanol–water partition coefficient (Wildman–Crippen LogP) is 8.86. The van der Waals surface area contributed by atoms with Crippen LogP contribution in [0.1, 0.15) is 162 Å². The number of phosphoric acid groups is 1. The largest absolute Gasteiger partial charge is 0.472 e. The van der Waals surface area contributed by atoms with Crippen molar-refractivity contribution in [3.8, 4) is 0 Å². The van der Waals surface area contributed by atoms with Gasteiger partial charge < -0.3 is 24.6 Å². The van der Waals surface area contributed by atoms with Gasteiger partial charge in [-0.25, -0.2) is 19.2 Å². The van der Waals surface area contributed by atoms with Crippen molar-refractivity contribution in [2.75, 3.05) is 26.4 Å². The van der Waals surface area contributed by atoms with Crippen molar-refractivity contribution in [3.63, 3.8) is 0 Å². The third-order valence-corrected chi connectivity index (χ3v) is 11.5. The van der Waals surface area contributed by atoms with Gasteiger partial charge in [0.05, 0.1) is 25.9 Å². The molecule has 8 unspecified atom stereocenters. The molecule has 332 valence electrons. The number of phosphoric ester groups is 1. The average molecular weight is 835 g/mol. The van der Waals surface area contributed by atoms with Crippen LogP contribution >= 0.6 is 7.82 Å². The van der Waals surface area contributed by atoms with Crippen molar-refractivity contribution in [3.05, 3.63) is 24.3 Å². The molecule has 0 aromatic rings. The van der Waals surface area contributed by atoms with Crippen molar-refractivity contribution >= 4 is 19.8 Å². The van der Waals surface area contributed by atoms with E-state index in [1.54, 1.807) is 0 Å². The van der Waals surface area contributed by atoms with Crippen molar-refractivity contribution in [2.24, 2.45) is 11.8 Å². The summed E-state index contributed by atoms with van der Waals surface area (Å²) in [5.74, 6) is -0.702. The fourth-order valence-corrected chi connectivity index (χ4v) is 7.93. The van der Waals surface area contributed by atoms with E-state index in [1.165, 1.54) is 57.8 Å². The summed E-state index contributed by atoms with van der Waals surface area (Å²) in [6, 6.07) is 0. The van der Waals surface area contributed by atoms with E-state index in [4.69, 9.17) is 33.4 Å². The van der Waals surface area contributed by atoms with Gasteiger partial charge in [-0.3, -0.25) is 23.9 Å². The molecule has 0 radical (unpaired) electrons. The number of unbranched alkanes of at least 4 members (excludes halogenated alkanes) is 15. The van der Waals surface area contributed by atoms with Crippen LogP contribution in [0, 0.1) is 11.8 Å². The molecule has 4 N–H and O–H groups in total. The number of esters is 2. The molecule has 1 aliphatic carbocycles. The molecule has 2 aliphatic rings. The van der Waals surface area contributed by atoms with Gasteiger partial charge in [0.25, 0.3) is 0 Å². The van der Waals surface area contributed by atoms with Gasteiger partial charge in [0.2, 0.25) is 0 Å². The number of rotatable bonds is 37. The van der Waals surface area contributed by atoms with E-state index in [0.717, 1.165) is 57.8 Å². The minimum atomic E-state index is -4.67. The molecule has 1 heterocycles. The molecule has 8 atom stereocenters. The third-order valence-electron chi connectivity index (χ3n) is 10.5. The summed E-state index contributed by atoms with van der Waals surface area (Å²) in [7, 11) is -4.67. The van der Waals surface area contributed by atoms with Gasteiger partial charge in [0, 0.05) is 31.1 Å². The Morgan fingerprint density at radius 3 is 2.02 bits per heavy atom. The number of fused-ring (bicyclic) bond motifs is 2. The first kappa shape index (κ1) is 51.4. The smallest absolute Gasteiger partial charge is 0.462 e. The Morgan fingerprint density at radius 2 is 1.37 bits per heavy atom. The van der Waals surface area contributed by atoms with Crippen LogP contribution in [-0.2, 0) is 47.3 Å². The van der Waals surface area contributed by atoms with E-state index in [-0.39, 0.29) is 49.6 Å². The summed E-state index contributed by atoms with van der Waals surface area (Å²) in [4.78, 5) is 50.9. The average Bonchev–Trinajstić information content (AvgIpc) is 3.81. The molecule has 1 saturated heterocycles. The van der Waals surface area contributed by atoms with Gasteiger partial charge in [0.15, 0.2) is 6.10 Å². The van der Waals surface area contributed by atoms with Gasteiger partial charge in [-0.05, 0) is 32.1 Å². The van der Waals surface area contributed by atoms with E-state index >= 15 is 0 Å². The zero-order valence-electron chi connectivity index (χ0n) is 34.8. The fourth-order valence-electron chi connectivity index (χ4n) is 7.14. The zero-order chi connectivity index (χ0) is 41.6. The number of aliphatic hydroxyl groups is 2. The standard InChI is InChI=1S/C42H75O14P/c1-3-5-7-8-9-10-11-12-13-14-15-16-21-25-41(45)50-32-36(33-52-57(48,49)51-31-34(44)30-43)53-42(46)26-22-18-17-20-24-37-38(40-29-39(37)55-56-40)28-27-35(54-47)23-19-6-4-2/h17,20,27-28,34-40,43-44,47H,3-16,18-19,21-26,29-33H2,1-2H3,(H,48,49)/b20-17-,28-27+. The molecule has 0 spiro atoms. The Morgan fingerprint density at radius 1 is 0.772 bits per heavy atom. The molecule has 1 aliphatic heterocycles. The second kappa shape index (κ2) is 32.1. The van der Waals surface area contributed by atoms with Crippen molar-refractivity contribution < 1.29 is 67.7 Å². The Labute approximate surface area is 341 Å².